The predicted molar refractivity (Wildman–Crippen MR) is 103 cm³/mol. The monoisotopic (exact) mass is 384 g/mol. The summed E-state index contributed by atoms with van der Waals surface area (Å²) in [5.74, 6) is 1.11. The van der Waals surface area contributed by atoms with Crippen molar-refractivity contribution < 1.29 is 14.0 Å². The van der Waals surface area contributed by atoms with E-state index in [9.17, 15) is 9.59 Å². The molecule has 0 radical (unpaired) electrons. The quantitative estimate of drug-likeness (QED) is 0.652. The Kier molecular flexibility index (Phi) is 5.97. The highest BCUT2D eigenvalue weighted by molar-refractivity contribution is 7.13. The lowest BCUT2D eigenvalue weighted by Gasteiger charge is -2.02. The van der Waals surface area contributed by atoms with Crippen LogP contribution in [0.4, 0.5) is 5.69 Å². The molecule has 2 N–H and O–H groups in total. The Labute approximate surface area is 160 Å². The van der Waals surface area contributed by atoms with Crippen LogP contribution in [0.5, 0.6) is 0 Å². The molecule has 0 spiro atoms. The third-order valence-electron chi connectivity index (χ3n) is 3.79. The summed E-state index contributed by atoms with van der Waals surface area (Å²) < 4.78 is 5.40. The fourth-order valence-corrected chi connectivity index (χ4v) is 3.08. The van der Waals surface area contributed by atoms with Gasteiger partial charge in [-0.1, -0.05) is 29.0 Å². The summed E-state index contributed by atoms with van der Waals surface area (Å²) in [6, 6.07) is 11.2. The molecule has 0 aliphatic heterocycles. The molecule has 1 aromatic carbocycles. The molecule has 0 fully saturated rings. The van der Waals surface area contributed by atoms with Crippen molar-refractivity contribution in [2.45, 2.75) is 33.2 Å². The molecule has 0 saturated heterocycles. The zero-order chi connectivity index (χ0) is 19.2. The van der Waals surface area contributed by atoms with Crippen molar-refractivity contribution in [2.24, 2.45) is 0 Å². The van der Waals surface area contributed by atoms with E-state index in [2.05, 4.69) is 20.8 Å². The highest BCUT2D eigenvalue weighted by Gasteiger charge is 2.14. The van der Waals surface area contributed by atoms with Crippen LogP contribution in [0.25, 0.3) is 0 Å². The number of benzene rings is 1. The van der Waals surface area contributed by atoms with Crippen molar-refractivity contribution in [2.75, 3.05) is 5.32 Å². The molecule has 0 saturated carbocycles. The number of carbonyl (C=O) groups is 2. The summed E-state index contributed by atoms with van der Waals surface area (Å²) in [6.07, 6.45) is 0.701. The van der Waals surface area contributed by atoms with Gasteiger partial charge >= 0.3 is 0 Å². The van der Waals surface area contributed by atoms with Crippen molar-refractivity contribution in [3.63, 3.8) is 0 Å². The van der Waals surface area contributed by atoms with Crippen LogP contribution in [-0.2, 0) is 17.8 Å². The maximum Gasteiger partial charge on any atom is 0.286 e. The molecule has 3 aromatic rings. The van der Waals surface area contributed by atoms with Gasteiger partial charge in [-0.25, -0.2) is 0 Å². The van der Waals surface area contributed by atoms with Crippen molar-refractivity contribution >= 4 is 28.8 Å². The minimum absolute atomic E-state index is 0.107. The van der Waals surface area contributed by atoms with Gasteiger partial charge in [0.15, 0.2) is 0 Å². The molecule has 2 amide bonds. The lowest BCUT2D eigenvalue weighted by atomic mass is 10.2. The van der Waals surface area contributed by atoms with E-state index < -0.39 is 0 Å². The molecule has 0 atom stereocenters. The molecule has 7 nitrogen and oxygen atoms in total. The first kappa shape index (κ1) is 18.8. The van der Waals surface area contributed by atoms with Gasteiger partial charge in [-0.15, -0.1) is 10.2 Å². The molecular weight excluding hydrogens is 364 g/mol. The fourth-order valence-electron chi connectivity index (χ4n) is 2.34. The number of hydrogen-bond acceptors (Lipinski definition) is 6. The molecule has 2 heterocycles. The number of amides is 2. The standard InChI is InChI=1S/C19H20N4O3S/c1-12-3-6-14(7-4-12)21-18(25)19-23-22-17(27-19)10-9-16(24)20-11-15-8-5-13(2)26-15/h3-8H,9-11H2,1-2H3,(H,20,24)(H,21,25). The highest BCUT2D eigenvalue weighted by Crippen LogP contribution is 2.15. The van der Waals surface area contributed by atoms with Crippen LogP contribution in [0.15, 0.2) is 40.8 Å². The number of aromatic nitrogens is 2. The molecular formula is C19H20N4O3S. The van der Waals surface area contributed by atoms with Gasteiger partial charge in [0.25, 0.3) is 5.91 Å². The molecule has 3 rings (SSSR count). The number of rotatable bonds is 7. The van der Waals surface area contributed by atoms with E-state index >= 15 is 0 Å². The Morgan fingerprint density at radius 3 is 2.56 bits per heavy atom. The summed E-state index contributed by atoms with van der Waals surface area (Å²) in [5.41, 5.74) is 1.82. The van der Waals surface area contributed by atoms with E-state index in [1.165, 1.54) is 11.3 Å². The molecule has 27 heavy (non-hydrogen) atoms. The molecule has 0 aliphatic carbocycles. The van der Waals surface area contributed by atoms with Gasteiger partial charge in [-0.2, -0.15) is 0 Å². The zero-order valence-corrected chi connectivity index (χ0v) is 15.9. The van der Waals surface area contributed by atoms with E-state index in [4.69, 9.17) is 4.42 Å². The Bertz CT molecular complexity index is 931. The Morgan fingerprint density at radius 2 is 1.85 bits per heavy atom. The van der Waals surface area contributed by atoms with Crippen molar-refractivity contribution in [1.29, 1.82) is 0 Å². The Hall–Kier alpha value is -3.00. The second kappa shape index (κ2) is 8.59. The van der Waals surface area contributed by atoms with Gasteiger partial charge in [0, 0.05) is 18.5 Å². The van der Waals surface area contributed by atoms with Crippen molar-refractivity contribution in [3.8, 4) is 0 Å². The maximum atomic E-state index is 12.2. The second-order valence-corrected chi connectivity index (χ2v) is 7.17. The van der Waals surface area contributed by atoms with Gasteiger partial charge in [-0.05, 0) is 38.1 Å². The lowest BCUT2D eigenvalue weighted by molar-refractivity contribution is -0.121. The molecule has 0 bridgehead atoms. The van der Waals surface area contributed by atoms with Crippen LogP contribution < -0.4 is 10.6 Å². The molecule has 8 heteroatoms. The lowest BCUT2D eigenvalue weighted by Crippen LogP contribution is -2.22. The number of nitrogens with zero attached hydrogens (tertiary/aromatic N) is 2. The van der Waals surface area contributed by atoms with Gasteiger partial charge < -0.3 is 15.1 Å². The topological polar surface area (TPSA) is 97.1 Å². The van der Waals surface area contributed by atoms with E-state index in [-0.39, 0.29) is 23.2 Å². The van der Waals surface area contributed by atoms with Gasteiger partial charge in [0.2, 0.25) is 10.9 Å². The van der Waals surface area contributed by atoms with E-state index in [0.717, 1.165) is 11.3 Å². The van der Waals surface area contributed by atoms with Crippen molar-refractivity contribution in [1.82, 2.24) is 15.5 Å². The van der Waals surface area contributed by atoms with Gasteiger partial charge in [0.05, 0.1) is 6.54 Å². The molecule has 0 unspecified atom stereocenters. The van der Waals surface area contributed by atoms with E-state index in [0.29, 0.717) is 29.4 Å². The van der Waals surface area contributed by atoms with Gasteiger partial charge in [0.1, 0.15) is 16.5 Å². The average Bonchev–Trinajstić information content (AvgIpc) is 3.29. The first-order valence-corrected chi connectivity index (χ1v) is 9.33. The van der Waals surface area contributed by atoms with Crippen LogP contribution in [0.3, 0.4) is 0 Å². The van der Waals surface area contributed by atoms with Crippen LogP contribution in [0, 0.1) is 13.8 Å². The smallest absolute Gasteiger partial charge is 0.286 e. The number of nitrogens with one attached hydrogen (secondary N) is 2. The number of anilines is 1. The first-order chi connectivity index (χ1) is 13.0. The number of furan rings is 1. The Balaban J connectivity index is 1.46. The molecule has 2 aromatic heterocycles. The number of aryl methyl sites for hydroxylation is 3. The molecule has 0 aliphatic rings. The maximum absolute atomic E-state index is 12.2. The summed E-state index contributed by atoms with van der Waals surface area (Å²) in [6.45, 7) is 4.19. The average molecular weight is 384 g/mol. The third kappa shape index (κ3) is 5.49. The SMILES string of the molecule is Cc1ccc(NC(=O)c2nnc(CCC(=O)NCc3ccc(C)o3)s2)cc1. The van der Waals surface area contributed by atoms with Gasteiger partial charge in [-0.3, -0.25) is 9.59 Å². The normalized spacial score (nSPS) is 10.6. The van der Waals surface area contributed by atoms with Crippen LogP contribution >= 0.6 is 11.3 Å². The highest BCUT2D eigenvalue weighted by atomic mass is 32.1. The number of hydrogen-bond donors (Lipinski definition) is 2. The molecule has 140 valence electrons. The second-order valence-electron chi connectivity index (χ2n) is 6.11. The minimum atomic E-state index is -0.305. The number of carbonyl (C=O) groups excluding carboxylic acids is 2. The Morgan fingerprint density at radius 1 is 1.07 bits per heavy atom. The first-order valence-electron chi connectivity index (χ1n) is 8.52. The van der Waals surface area contributed by atoms with Crippen LogP contribution in [0.1, 0.15) is 38.3 Å². The summed E-state index contributed by atoms with van der Waals surface area (Å²) >= 11 is 1.19. The summed E-state index contributed by atoms with van der Waals surface area (Å²) in [4.78, 5) is 24.1. The largest absolute Gasteiger partial charge is 0.465 e. The van der Waals surface area contributed by atoms with E-state index in [1.807, 2.05) is 50.2 Å². The van der Waals surface area contributed by atoms with E-state index in [1.54, 1.807) is 0 Å². The zero-order valence-electron chi connectivity index (χ0n) is 15.1. The predicted octanol–water partition coefficient (Wildman–Crippen LogP) is 3.25. The summed E-state index contributed by atoms with van der Waals surface area (Å²) in [5, 5.41) is 14.4. The van der Waals surface area contributed by atoms with Crippen LogP contribution in [-0.4, -0.2) is 22.0 Å². The van der Waals surface area contributed by atoms with Crippen molar-refractivity contribution in [3.05, 3.63) is 63.5 Å². The summed E-state index contributed by atoms with van der Waals surface area (Å²) in [7, 11) is 0. The fraction of sp³-hybridized carbons (Fsp3) is 0.263. The minimum Gasteiger partial charge on any atom is -0.465 e. The third-order valence-corrected chi connectivity index (χ3v) is 4.77. The van der Waals surface area contributed by atoms with Crippen LogP contribution in [0.2, 0.25) is 0 Å².